The Morgan fingerprint density at radius 2 is 1.76 bits per heavy atom. The summed E-state index contributed by atoms with van der Waals surface area (Å²) in [6.45, 7) is 8.11. The van der Waals surface area contributed by atoms with Crippen molar-refractivity contribution < 1.29 is 24.3 Å². The molecule has 0 saturated carbocycles. The Morgan fingerprint density at radius 3 is 2.34 bits per heavy atom. The molecule has 1 unspecified atom stereocenters. The largest absolute Gasteiger partial charge is 0.481 e. The molecule has 2 rings (SSSR count). The predicted octanol–water partition coefficient (Wildman–Crippen LogP) is 4.75. The summed E-state index contributed by atoms with van der Waals surface area (Å²) in [6.07, 6.45) is 3.41. The van der Waals surface area contributed by atoms with Crippen LogP contribution in [-0.2, 0) is 25.6 Å². The van der Waals surface area contributed by atoms with E-state index >= 15 is 0 Å². The molecule has 0 spiro atoms. The number of aliphatic carboxylic acids is 1. The third-order valence-electron chi connectivity index (χ3n) is 6.22. The maximum atomic E-state index is 12.9. The fourth-order valence-electron chi connectivity index (χ4n) is 3.85. The second-order valence-electron chi connectivity index (χ2n) is 9.55. The molecule has 8 nitrogen and oxygen atoms in total. The molecule has 38 heavy (non-hydrogen) atoms. The summed E-state index contributed by atoms with van der Waals surface area (Å²) in [5.41, 5.74) is 1.65. The number of carboxylic acids is 1. The molecule has 2 aromatic rings. The normalized spacial score (nSPS) is 13.3. The van der Waals surface area contributed by atoms with E-state index in [-0.39, 0.29) is 35.8 Å². The maximum Gasteiger partial charge on any atom is 0.303 e. The van der Waals surface area contributed by atoms with Gasteiger partial charge in [0.25, 0.3) is 0 Å². The van der Waals surface area contributed by atoms with E-state index in [2.05, 4.69) is 55.8 Å². The van der Waals surface area contributed by atoms with E-state index in [0.717, 1.165) is 31.2 Å². The van der Waals surface area contributed by atoms with Gasteiger partial charge >= 0.3 is 5.97 Å². The molecule has 0 saturated heterocycles. The molecule has 0 aliphatic rings. The van der Waals surface area contributed by atoms with E-state index in [4.69, 9.17) is 5.11 Å². The van der Waals surface area contributed by atoms with Gasteiger partial charge in [0, 0.05) is 33.0 Å². The Balaban J connectivity index is 1.89. The monoisotopic (exact) mass is 561 g/mol. The van der Waals surface area contributed by atoms with Crippen LogP contribution in [-0.4, -0.2) is 51.9 Å². The van der Waals surface area contributed by atoms with E-state index < -0.39 is 23.8 Å². The zero-order valence-corrected chi connectivity index (χ0v) is 24.2. The smallest absolute Gasteiger partial charge is 0.303 e. The summed E-state index contributed by atoms with van der Waals surface area (Å²) >= 11 is 3.31. The van der Waals surface area contributed by atoms with E-state index in [1.807, 2.05) is 12.1 Å². The van der Waals surface area contributed by atoms with Crippen molar-refractivity contribution in [3.8, 4) is 0 Å². The number of thioether (sulfide) groups is 1. The Bertz CT molecular complexity index is 1090. The van der Waals surface area contributed by atoms with Crippen LogP contribution in [0.5, 0.6) is 0 Å². The Labute approximate surface area is 233 Å². The lowest BCUT2D eigenvalue weighted by atomic mass is 10.0. The molecule has 0 fully saturated rings. The minimum Gasteiger partial charge on any atom is -0.481 e. The van der Waals surface area contributed by atoms with Crippen LogP contribution in [0.4, 0.5) is 5.69 Å². The SMILES string of the molecule is CCCC(C)(CC)SCC(=O)NCC(=O)N[C@@H](CCC(=O)O)C(=O)Nc1ccc(Cc2ccc(C)s2)cc1. The first-order valence-corrected chi connectivity index (χ1v) is 14.7. The van der Waals surface area contributed by atoms with Gasteiger partial charge in [-0.05, 0) is 56.0 Å². The lowest BCUT2D eigenvalue weighted by Gasteiger charge is -2.26. The second-order valence-corrected chi connectivity index (χ2v) is 12.5. The lowest BCUT2D eigenvalue weighted by Crippen LogP contribution is -2.48. The van der Waals surface area contributed by atoms with Gasteiger partial charge in [-0.25, -0.2) is 0 Å². The fourth-order valence-corrected chi connectivity index (χ4v) is 5.91. The first-order valence-electron chi connectivity index (χ1n) is 12.9. The van der Waals surface area contributed by atoms with Crippen LogP contribution in [0.25, 0.3) is 0 Å². The molecule has 0 aliphatic carbocycles. The summed E-state index contributed by atoms with van der Waals surface area (Å²) in [5.74, 6) is -2.15. The maximum absolute atomic E-state index is 12.9. The van der Waals surface area contributed by atoms with Gasteiger partial charge in [0.05, 0.1) is 12.3 Å². The summed E-state index contributed by atoms with van der Waals surface area (Å²) in [6, 6.07) is 10.5. The molecule has 4 N–H and O–H groups in total. The second kappa shape index (κ2) is 15.5. The molecule has 1 aromatic carbocycles. The Morgan fingerprint density at radius 1 is 1.05 bits per heavy atom. The number of amides is 3. The summed E-state index contributed by atoms with van der Waals surface area (Å²) in [5, 5.41) is 17.0. The molecular formula is C28H39N3O5S2. The van der Waals surface area contributed by atoms with Crippen molar-refractivity contribution in [3.63, 3.8) is 0 Å². The van der Waals surface area contributed by atoms with Crippen LogP contribution < -0.4 is 16.0 Å². The molecule has 1 heterocycles. The molecule has 208 valence electrons. The zero-order valence-electron chi connectivity index (χ0n) is 22.6. The van der Waals surface area contributed by atoms with Gasteiger partial charge in [-0.15, -0.1) is 23.1 Å². The van der Waals surface area contributed by atoms with Crippen molar-refractivity contribution in [1.29, 1.82) is 0 Å². The number of hydrogen-bond donors (Lipinski definition) is 4. The molecule has 0 bridgehead atoms. The molecule has 3 amide bonds. The highest BCUT2D eigenvalue weighted by atomic mass is 32.2. The van der Waals surface area contributed by atoms with Crippen LogP contribution in [0.2, 0.25) is 0 Å². The molecule has 1 aromatic heterocycles. The third kappa shape index (κ3) is 11.3. The molecule has 10 heteroatoms. The van der Waals surface area contributed by atoms with Gasteiger partial charge in [-0.2, -0.15) is 0 Å². The van der Waals surface area contributed by atoms with E-state index in [9.17, 15) is 19.2 Å². The minimum atomic E-state index is -1.07. The van der Waals surface area contributed by atoms with Crippen molar-refractivity contribution in [3.05, 3.63) is 51.7 Å². The quantitative estimate of drug-likeness (QED) is 0.234. The highest BCUT2D eigenvalue weighted by Crippen LogP contribution is 2.32. The number of nitrogens with one attached hydrogen (secondary N) is 3. The first-order chi connectivity index (χ1) is 18.0. The highest BCUT2D eigenvalue weighted by Gasteiger charge is 2.24. The van der Waals surface area contributed by atoms with Gasteiger partial charge in [0.2, 0.25) is 17.7 Å². The van der Waals surface area contributed by atoms with E-state index in [0.29, 0.717) is 5.69 Å². The number of rotatable bonds is 16. The molecule has 0 radical (unpaired) electrons. The van der Waals surface area contributed by atoms with Crippen molar-refractivity contribution in [1.82, 2.24) is 10.6 Å². The van der Waals surface area contributed by atoms with Crippen molar-refractivity contribution >= 4 is 52.5 Å². The average Bonchev–Trinajstić information content (AvgIpc) is 3.29. The van der Waals surface area contributed by atoms with Crippen molar-refractivity contribution in [2.75, 3.05) is 17.6 Å². The van der Waals surface area contributed by atoms with Crippen molar-refractivity contribution in [2.24, 2.45) is 0 Å². The first kappa shape index (κ1) is 31.4. The topological polar surface area (TPSA) is 125 Å². The predicted molar refractivity (Wildman–Crippen MR) is 155 cm³/mol. The molecular weight excluding hydrogens is 522 g/mol. The van der Waals surface area contributed by atoms with Crippen LogP contribution in [0.15, 0.2) is 36.4 Å². The lowest BCUT2D eigenvalue weighted by molar-refractivity contribution is -0.137. The van der Waals surface area contributed by atoms with Crippen LogP contribution in [0.1, 0.15) is 68.2 Å². The van der Waals surface area contributed by atoms with Crippen LogP contribution in [0, 0.1) is 6.92 Å². The number of carbonyl (C=O) groups excluding carboxylic acids is 3. The average molecular weight is 562 g/mol. The van der Waals surface area contributed by atoms with Gasteiger partial charge in [0.15, 0.2) is 0 Å². The number of carbonyl (C=O) groups is 4. The highest BCUT2D eigenvalue weighted by molar-refractivity contribution is 8.01. The van der Waals surface area contributed by atoms with Crippen molar-refractivity contribution in [2.45, 2.75) is 77.0 Å². The number of carboxylic acid groups (broad SMARTS) is 1. The molecule has 0 aliphatic heterocycles. The summed E-state index contributed by atoms with van der Waals surface area (Å²) in [7, 11) is 0. The van der Waals surface area contributed by atoms with Gasteiger partial charge < -0.3 is 21.1 Å². The van der Waals surface area contributed by atoms with E-state index in [1.165, 1.54) is 9.75 Å². The number of thiophene rings is 1. The van der Waals surface area contributed by atoms with Crippen LogP contribution in [0.3, 0.4) is 0 Å². The third-order valence-corrected chi connectivity index (χ3v) is 8.82. The Hall–Kier alpha value is -2.85. The number of anilines is 1. The van der Waals surface area contributed by atoms with E-state index in [1.54, 1.807) is 35.2 Å². The summed E-state index contributed by atoms with van der Waals surface area (Å²) in [4.78, 5) is 51.2. The fraction of sp³-hybridized carbons (Fsp3) is 0.500. The van der Waals surface area contributed by atoms with Gasteiger partial charge in [-0.3, -0.25) is 19.2 Å². The van der Waals surface area contributed by atoms with Gasteiger partial charge in [0.1, 0.15) is 6.04 Å². The molecule has 2 atom stereocenters. The standard InChI is InChI=1S/C28H39N3O5S2/c1-5-15-28(4,6-2)37-18-25(33)29-17-24(32)31-23(13-14-26(34)35)27(36)30-21-10-8-20(9-11-21)16-22-12-7-19(3)38-22/h7-12,23H,5-6,13-18H2,1-4H3,(H,29,33)(H,30,36)(H,31,32)(H,34,35)/t23-,28?/m0/s1. The summed E-state index contributed by atoms with van der Waals surface area (Å²) < 4.78 is 0.00949. The number of hydrogen-bond acceptors (Lipinski definition) is 6. The van der Waals surface area contributed by atoms with Gasteiger partial charge in [-0.1, -0.05) is 39.3 Å². The Kier molecular flexibility index (Phi) is 12.8. The minimum absolute atomic E-state index is 0.00949. The number of benzene rings is 1. The van der Waals surface area contributed by atoms with Crippen LogP contribution >= 0.6 is 23.1 Å². The zero-order chi connectivity index (χ0) is 28.1. The number of aryl methyl sites for hydroxylation is 1.